The monoisotopic (exact) mass is 422 g/mol. The van der Waals surface area contributed by atoms with Crippen molar-refractivity contribution in [3.63, 3.8) is 0 Å². The Bertz CT molecular complexity index is 1180. The lowest BCUT2D eigenvalue weighted by Gasteiger charge is -2.30. The van der Waals surface area contributed by atoms with Gasteiger partial charge in [0.05, 0.1) is 36.1 Å². The maximum Gasteiger partial charge on any atom is 0.410 e. The summed E-state index contributed by atoms with van der Waals surface area (Å²) in [6.07, 6.45) is 5.69. The summed E-state index contributed by atoms with van der Waals surface area (Å²) >= 11 is 1.61. The number of thiophene rings is 1. The lowest BCUT2D eigenvalue weighted by Crippen LogP contribution is -2.39. The molecule has 0 unspecified atom stereocenters. The molecule has 0 atom stereocenters. The topological polar surface area (TPSA) is 92.6 Å². The summed E-state index contributed by atoms with van der Waals surface area (Å²) in [5, 5.41) is 4.43. The first-order valence-electron chi connectivity index (χ1n) is 9.86. The van der Waals surface area contributed by atoms with Crippen molar-refractivity contribution >= 4 is 45.4 Å². The van der Waals surface area contributed by atoms with Gasteiger partial charge in [-0.15, -0.1) is 11.3 Å². The third-order valence-electron chi connectivity index (χ3n) is 5.03. The Kier molecular flexibility index (Phi) is 4.43. The Hall–Kier alpha value is -3.07. The van der Waals surface area contributed by atoms with Crippen molar-refractivity contribution in [2.24, 2.45) is 4.99 Å². The standard InChI is InChI=1S/C21H22N6O2S/c1-21(2,3)29-20(28)27-5-4-14-16(10-27)30-19-17(14)18(24-11-25-19)26-13-6-12-7-22-9-15(12)23-8-13/h6-8,11H,4-5,9-10H2,1-3H3,(H,24,25,26). The van der Waals surface area contributed by atoms with Gasteiger partial charge in [0.25, 0.3) is 0 Å². The van der Waals surface area contributed by atoms with Gasteiger partial charge in [-0.25, -0.2) is 14.8 Å². The first kappa shape index (κ1) is 18.9. The van der Waals surface area contributed by atoms with E-state index >= 15 is 0 Å². The van der Waals surface area contributed by atoms with Gasteiger partial charge in [0, 0.05) is 23.2 Å². The highest BCUT2D eigenvalue weighted by Gasteiger charge is 2.29. The molecule has 1 N–H and O–H groups in total. The minimum Gasteiger partial charge on any atom is -0.444 e. The van der Waals surface area contributed by atoms with Crippen molar-refractivity contribution in [1.29, 1.82) is 0 Å². The number of hydrogen-bond acceptors (Lipinski definition) is 8. The molecule has 1 amide bonds. The van der Waals surface area contributed by atoms with E-state index in [2.05, 4.69) is 25.3 Å². The van der Waals surface area contributed by atoms with Crippen LogP contribution < -0.4 is 5.32 Å². The number of amides is 1. The van der Waals surface area contributed by atoms with Gasteiger partial charge < -0.3 is 15.0 Å². The molecule has 0 bridgehead atoms. The molecule has 0 saturated carbocycles. The molecule has 154 valence electrons. The number of aromatic nitrogens is 3. The SMILES string of the molecule is CC(C)(C)OC(=O)N1CCc2c(sc3ncnc(Nc4cnc5c(c4)C=NC5)c23)C1. The van der Waals surface area contributed by atoms with Gasteiger partial charge >= 0.3 is 6.09 Å². The zero-order chi connectivity index (χ0) is 20.9. The molecule has 2 aliphatic rings. The molecule has 0 radical (unpaired) electrons. The molecule has 5 heterocycles. The Morgan fingerprint density at radius 1 is 1.27 bits per heavy atom. The summed E-state index contributed by atoms with van der Waals surface area (Å²) in [6.45, 7) is 7.42. The summed E-state index contributed by atoms with van der Waals surface area (Å²) in [5.41, 5.74) is 3.59. The van der Waals surface area contributed by atoms with E-state index in [1.807, 2.05) is 39.2 Å². The molecule has 9 heteroatoms. The van der Waals surface area contributed by atoms with Crippen molar-refractivity contribution in [3.05, 3.63) is 40.3 Å². The second-order valence-corrected chi connectivity index (χ2v) is 9.50. The van der Waals surface area contributed by atoms with Gasteiger partial charge in [-0.3, -0.25) is 9.98 Å². The highest BCUT2D eigenvalue weighted by Crippen LogP contribution is 2.38. The Morgan fingerprint density at radius 3 is 2.97 bits per heavy atom. The number of aliphatic imine (C=N–C) groups is 1. The summed E-state index contributed by atoms with van der Waals surface area (Å²) < 4.78 is 5.54. The molecule has 2 aliphatic heterocycles. The summed E-state index contributed by atoms with van der Waals surface area (Å²) in [5.74, 6) is 0.764. The molecular weight excluding hydrogens is 400 g/mol. The quantitative estimate of drug-likeness (QED) is 0.670. The number of carbonyl (C=O) groups excluding carboxylic acids is 1. The molecule has 3 aromatic rings. The first-order chi connectivity index (χ1) is 14.4. The molecule has 5 rings (SSSR count). The molecule has 3 aromatic heterocycles. The lowest BCUT2D eigenvalue weighted by molar-refractivity contribution is 0.0227. The number of carbonyl (C=O) groups is 1. The average molecular weight is 423 g/mol. The van der Waals surface area contributed by atoms with Crippen molar-refractivity contribution < 1.29 is 9.53 Å². The first-order valence-corrected chi connectivity index (χ1v) is 10.7. The van der Waals surface area contributed by atoms with E-state index in [0.29, 0.717) is 19.6 Å². The fourth-order valence-corrected chi connectivity index (χ4v) is 4.90. The summed E-state index contributed by atoms with van der Waals surface area (Å²) in [4.78, 5) is 34.0. The van der Waals surface area contributed by atoms with Crippen LogP contribution in [0.1, 0.15) is 42.5 Å². The highest BCUT2D eigenvalue weighted by molar-refractivity contribution is 7.19. The number of pyridine rings is 1. The van der Waals surface area contributed by atoms with Gasteiger partial charge in [-0.1, -0.05) is 0 Å². The molecule has 0 aliphatic carbocycles. The number of hydrogen-bond donors (Lipinski definition) is 1. The van der Waals surface area contributed by atoms with Crippen LogP contribution in [-0.2, 0) is 24.2 Å². The number of anilines is 2. The number of nitrogens with one attached hydrogen (secondary N) is 1. The smallest absolute Gasteiger partial charge is 0.410 e. The van der Waals surface area contributed by atoms with Gasteiger partial charge in [0.2, 0.25) is 0 Å². The average Bonchev–Trinajstić information content (AvgIpc) is 3.30. The van der Waals surface area contributed by atoms with Crippen LogP contribution in [0, 0.1) is 0 Å². The van der Waals surface area contributed by atoms with Crippen LogP contribution in [0.15, 0.2) is 23.6 Å². The zero-order valence-electron chi connectivity index (χ0n) is 17.1. The van der Waals surface area contributed by atoms with Gasteiger partial charge in [0.1, 0.15) is 22.6 Å². The second-order valence-electron chi connectivity index (χ2n) is 8.41. The van der Waals surface area contributed by atoms with E-state index in [0.717, 1.165) is 44.3 Å². The van der Waals surface area contributed by atoms with Crippen LogP contribution in [0.3, 0.4) is 0 Å². The van der Waals surface area contributed by atoms with Gasteiger partial charge in [-0.05, 0) is 38.8 Å². The fraction of sp³-hybridized carbons (Fsp3) is 0.381. The summed E-state index contributed by atoms with van der Waals surface area (Å²) in [7, 11) is 0. The minimum atomic E-state index is -0.505. The number of ether oxygens (including phenoxy) is 1. The van der Waals surface area contributed by atoms with Crippen LogP contribution in [-0.4, -0.2) is 44.3 Å². The van der Waals surface area contributed by atoms with Crippen molar-refractivity contribution in [2.45, 2.75) is 45.9 Å². The van der Waals surface area contributed by atoms with Crippen LogP contribution in [0.5, 0.6) is 0 Å². The largest absolute Gasteiger partial charge is 0.444 e. The Labute approximate surface area is 178 Å². The number of fused-ring (bicyclic) bond motifs is 4. The second kappa shape index (κ2) is 7.02. The summed E-state index contributed by atoms with van der Waals surface area (Å²) in [6, 6.07) is 2.04. The van der Waals surface area contributed by atoms with E-state index in [1.54, 1.807) is 22.6 Å². The van der Waals surface area contributed by atoms with Crippen LogP contribution in [0.25, 0.3) is 10.2 Å². The van der Waals surface area contributed by atoms with E-state index in [-0.39, 0.29) is 6.09 Å². The molecule has 0 fully saturated rings. The number of rotatable bonds is 2. The van der Waals surface area contributed by atoms with E-state index < -0.39 is 5.60 Å². The molecule has 8 nitrogen and oxygen atoms in total. The molecule has 0 spiro atoms. The Morgan fingerprint density at radius 2 is 2.13 bits per heavy atom. The third kappa shape index (κ3) is 3.49. The van der Waals surface area contributed by atoms with Gasteiger partial charge in [0.15, 0.2) is 0 Å². The third-order valence-corrected chi connectivity index (χ3v) is 6.15. The van der Waals surface area contributed by atoms with E-state index in [1.165, 1.54) is 5.56 Å². The van der Waals surface area contributed by atoms with Crippen molar-refractivity contribution in [3.8, 4) is 0 Å². The molecular formula is C21H22N6O2S. The maximum absolute atomic E-state index is 12.5. The maximum atomic E-state index is 12.5. The molecule has 30 heavy (non-hydrogen) atoms. The van der Waals surface area contributed by atoms with E-state index in [9.17, 15) is 4.79 Å². The highest BCUT2D eigenvalue weighted by atomic mass is 32.1. The molecule has 0 saturated heterocycles. The van der Waals surface area contributed by atoms with Crippen LogP contribution in [0.2, 0.25) is 0 Å². The van der Waals surface area contributed by atoms with Crippen molar-refractivity contribution in [1.82, 2.24) is 19.9 Å². The minimum absolute atomic E-state index is 0.277. The zero-order valence-corrected chi connectivity index (χ0v) is 17.9. The van der Waals surface area contributed by atoms with Crippen LogP contribution in [0.4, 0.5) is 16.3 Å². The predicted molar refractivity (Wildman–Crippen MR) is 117 cm³/mol. The van der Waals surface area contributed by atoms with Crippen molar-refractivity contribution in [2.75, 3.05) is 11.9 Å². The number of nitrogens with zero attached hydrogens (tertiary/aromatic N) is 5. The normalized spacial score (nSPS) is 15.2. The van der Waals surface area contributed by atoms with Gasteiger partial charge in [-0.2, -0.15) is 0 Å². The predicted octanol–water partition coefficient (Wildman–Crippen LogP) is 4.06. The lowest BCUT2D eigenvalue weighted by atomic mass is 10.1. The van der Waals surface area contributed by atoms with E-state index in [4.69, 9.17) is 4.74 Å². The van der Waals surface area contributed by atoms with Crippen LogP contribution >= 0.6 is 11.3 Å². The molecule has 0 aromatic carbocycles. The fourth-order valence-electron chi connectivity index (χ4n) is 3.69. The Balaban J connectivity index is 1.44.